The highest BCUT2D eigenvalue weighted by Crippen LogP contribution is 2.33. The van der Waals surface area contributed by atoms with E-state index < -0.39 is 30.3 Å². The number of carbonyl (C=O) groups excluding carboxylic acids is 1. The molecule has 1 aromatic carbocycles. The Morgan fingerprint density at radius 3 is 2.45 bits per heavy atom. The molecule has 0 heterocycles. The van der Waals surface area contributed by atoms with Gasteiger partial charge in [-0.25, -0.2) is 0 Å². The van der Waals surface area contributed by atoms with Gasteiger partial charge >= 0.3 is 12.6 Å². The van der Waals surface area contributed by atoms with E-state index >= 15 is 0 Å². The van der Waals surface area contributed by atoms with Gasteiger partial charge in [0.15, 0.2) is 0 Å². The van der Waals surface area contributed by atoms with Crippen LogP contribution in [0.5, 0.6) is 5.75 Å². The van der Waals surface area contributed by atoms with Gasteiger partial charge in [0.2, 0.25) is 5.91 Å². The van der Waals surface area contributed by atoms with Crippen molar-refractivity contribution in [3.8, 4) is 5.75 Å². The number of anilines is 1. The van der Waals surface area contributed by atoms with Gasteiger partial charge in [-0.2, -0.15) is 8.78 Å². The maximum atomic E-state index is 12.3. The molecule has 120 valence electrons. The summed E-state index contributed by atoms with van der Waals surface area (Å²) in [7, 11) is 0. The number of nitrogens with one attached hydrogen (secondary N) is 1. The van der Waals surface area contributed by atoms with Crippen LogP contribution in [0.1, 0.15) is 25.7 Å². The van der Waals surface area contributed by atoms with Crippen molar-refractivity contribution in [2.45, 2.75) is 32.3 Å². The van der Waals surface area contributed by atoms with E-state index in [2.05, 4.69) is 10.1 Å². The average molecular weight is 313 g/mol. The molecule has 2 N–H and O–H groups in total. The van der Waals surface area contributed by atoms with E-state index in [1.807, 2.05) is 0 Å². The molecule has 0 spiro atoms. The normalized spacial score (nSPS) is 21.4. The Hall–Kier alpha value is -2.18. The predicted octanol–water partition coefficient (Wildman–Crippen LogP) is 3.12. The van der Waals surface area contributed by atoms with E-state index in [9.17, 15) is 23.5 Å². The first-order valence-corrected chi connectivity index (χ1v) is 7.06. The maximum absolute atomic E-state index is 12.3. The number of halogens is 2. The molecule has 0 aliphatic heterocycles. The Bertz CT molecular complexity index is 550. The molecule has 22 heavy (non-hydrogen) atoms. The van der Waals surface area contributed by atoms with Crippen molar-refractivity contribution in [3.05, 3.63) is 24.3 Å². The number of carbonyl (C=O) groups is 2. The van der Waals surface area contributed by atoms with Crippen molar-refractivity contribution in [1.82, 2.24) is 0 Å². The standard InChI is InChI=1S/C15H17F2NO4/c16-15(17)22-12-8-4-3-7-11(12)18-13(19)9-5-1-2-6-10(9)14(20)21/h3-4,7-10,15H,1-2,5-6H2,(H,18,19)(H,20,21). The van der Waals surface area contributed by atoms with Crippen LogP contribution in [0.25, 0.3) is 0 Å². The van der Waals surface area contributed by atoms with E-state index in [-0.39, 0.29) is 11.4 Å². The monoisotopic (exact) mass is 313 g/mol. The van der Waals surface area contributed by atoms with Crippen LogP contribution in [0, 0.1) is 11.8 Å². The van der Waals surface area contributed by atoms with E-state index in [4.69, 9.17) is 0 Å². The number of hydrogen-bond donors (Lipinski definition) is 2. The Kier molecular flexibility index (Phi) is 5.30. The minimum Gasteiger partial charge on any atom is -0.481 e. The molecule has 0 aromatic heterocycles. The van der Waals surface area contributed by atoms with Gasteiger partial charge in [0.1, 0.15) is 5.75 Å². The zero-order chi connectivity index (χ0) is 16.1. The minimum absolute atomic E-state index is 0.113. The fourth-order valence-electron chi connectivity index (χ4n) is 2.73. The van der Waals surface area contributed by atoms with Gasteiger partial charge in [0, 0.05) is 0 Å². The van der Waals surface area contributed by atoms with Gasteiger partial charge in [-0.3, -0.25) is 9.59 Å². The van der Waals surface area contributed by atoms with Crippen molar-refractivity contribution in [2.24, 2.45) is 11.8 Å². The Morgan fingerprint density at radius 1 is 1.18 bits per heavy atom. The highest BCUT2D eigenvalue weighted by atomic mass is 19.3. The molecule has 1 amide bonds. The molecule has 1 aliphatic carbocycles. The molecule has 1 fully saturated rings. The molecule has 0 radical (unpaired) electrons. The molecule has 2 rings (SSSR count). The zero-order valence-electron chi connectivity index (χ0n) is 11.8. The zero-order valence-corrected chi connectivity index (χ0v) is 11.8. The predicted molar refractivity (Wildman–Crippen MR) is 74.8 cm³/mol. The topological polar surface area (TPSA) is 75.6 Å². The van der Waals surface area contributed by atoms with Crippen molar-refractivity contribution in [1.29, 1.82) is 0 Å². The lowest BCUT2D eigenvalue weighted by Gasteiger charge is -2.27. The summed E-state index contributed by atoms with van der Waals surface area (Å²) >= 11 is 0. The fourth-order valence-corrected chi connectivity index (χ4v) is 2.73. The molecular formula is C15H17F2NO4. The lowest BCUT2D eigenvalue weighted by atomic mass is 9.78. The van der Waals surface area contributed by atoms with Crippen LogP contribution in [-0.4, -0.2) is 23.6 Å². The molecule has 5 nitrogen and oxygen atoms in total. The van der Waals surface area contributed by atoms with Crippen LogP contribution in [0.3, 0.4) is 0 Å². The first kappa shape index (κ1) is 16.2. The van der Waals surface area contributed by atoms with Crippen LogP contribution in [-0.2, 0) is 9.59 Å². The molecule has 0 saturated heterocycles. The summed E-state index contributed by atoms with van der Waals surface area (Å²) in [6.45, 7) is -3.00. The molecule has 2 atom stereocenters. The molecule has 1 aromatic rings. The summed E-state index contributed by atoms with van der Waals surface area (Å²) in [5, 5.41) is 11.7. The van der Waals surface area contributed by atoms with E-state index in [1.54, 1.807) is 6.07 Å². The lowest BCUT2D eigenvalue weighted by molar-refractivity contribution is -0.147. The second kappa shape index (κ2) is 7.20. The number of hydrogen-bond acceptors (Lipinski definition) is 3. The van der Waals surface area contributed by atoms with Gasteiger partial charge in [-0.1, -0.05) is 25.0 Å². The molecule has 7 heteroatoms. The van der Waals surface area contributed by atoms with Crippen molar-refractivity contribution in [3.63, 3.8) is 0 Å². The summed E-state index contributed by atoms with van der Waals surface area (Å²) in [5.74, 6) is -3.02. The van der Waals surface area contributed by atoms with Crippen molar-refractivity contribution < 1.29 is 28.2 Å². The largest absolute Gasteiger partial charge is 0.481 e. The van der Waals surface area contributed by atoms with E-state index in [0.29, 0.717) is 12.8 Å². The highest BCUT2D eigenvalue weighted by Gasteiger charge is 2.35. The van der Waals surface area contributed by atoms with E-state index in [1.165, 1.54) is 18.2 Å². The summed E-state index contributed by atoms with van der Waals surface area (Å²) in [6.07, 6.45) is 2.46. The number of rotatable bonds is 5. The number of carboxylic acids is 1. The second-order valence-corrected chi connectivity index (χ2v) is 5.20. The molecular weight excluding hydrogens is 296 g/mol. The first-order chi connectivity index (χ1) is 10.5. The summed E-state index contributed by atoms with van der Waals surface area (Å²) in [5.41, 5.74) is 0.113. The number of amides is 1. The van der Waals surface area contributed by atoms with Crippen LogP contribution < -0.4 is 10.1 Å². The second-order valence-electron chi connectivity index (χ2n) is 5.20. The molecule has 1 aliphatic rings. The van der Waals surface area contributed by atoms with Crippen molar-refractivity contribution in [2.75, 3.05) is 5.32 Å². The number of carboxylic acid groups (broad SMARTS) is 1. The summed E-state index contributed by atoms with van der Waals surface area (Å²) in [6, 6.07) is 5.84. The average Bonchev–Trinajstić information content (AvgIpc) is 2.48. The van der Waals surface area contributed by atoms with E-state index in [0.717, 1.165) is 12.8 Å². The van der Waals surface area contributed by atoms with Crippen LogP contribution in [0.4, 0.5) is 14.5 Å². The van der Waals surface area contributed by atoms with Gasteiger partial charge in [0.05, 0.1) is 17.5 Å². The summed E-state index contributed by atoms with van der Waals surface area (Å²) in [4.78, 5) is 23.5. The van der Waals surface area contributed by atoms with Crippen LogP contribution in [0.2, 0.25) is 0 Å². The Morgan fingerprint density at radius 2 is 1.82 bits per heavy atom. The smallest absolute Gasteiger partial charge is 0.387 e. The third-order valence-electron chi connectivity index (χ3n) is 3.78. The number of benzene rings is 1. The maximum Gasteiger partial charge on any atom is 0.387 e. The Labute approximate surface area is 126 Å². The number of ether oxygens (including phenoxy) is 1. The van der Waals surface area contributed by atoms with Gasteiger partial charge in [0.25, 0.3) is 0 Å². The number of para-hydroxylation sites is 2. The lowest BCUT2D eigenvalue weighted by Crippen LogP contribution is -2.36. The summed E-state index contributed by atoms with van der Waals surface area (Å²) < 4.78 is 29.0. The van der Waals surface area contributed by atoms with Gasteiger partial charge < -0.3 is 15.2 Å². The third kappa shape index (κ3) is 3.93. The van der Waals surface area contributed by atoms with Gasteiger partial charge in [-0.05, 0) is 25.0 Å². The minimum atomic E-state index is -3.00. The first-order valence-electron chi connectivity index (χ1n) is 7.06. The third-order valence-corrected chi connectivity index (χ3v) is 3.78. The van der Waals surface area contributed by atoms with Crippen LogP contribution >= 0.6 is 0 Å². The quantitative estimate of drug-likeness (QED) is 0.876. The van der Waals surface area contributed by atoms with Crippen LogP contribution in [0.15, 0.2) is 24.3 Å². The number of aliphatic carboxylic acids is 1. The molecule has 2 unspecified atom stereocenters. The van der Waals surface area contributed by atoms with Crippen molar-refractivity contribution >= 4 is 17.6 Å². The highest BCUT2D eigenvalue weighted by molar-refractivity contribution is 5.96. The molecule has 1 saturated carbocycles. The number of alkyl halides is 2. The fraction of sp³-hybridized carbons (Fsp3) is 0.467. The SMILES string of the molecule is O=C(O)C1CCCCC1C(=O)Nc1ccccc1OC(F)F. The molecule has 0 bridgehead atoms. The Balaban J connectivity index is 2.12. The van der Waals surface area contributed by atoms with Gasteiger partial charge in [-0.15, -0.1) is 0 Å².